The summed E-state index contributed by atoms with van der Waals surface area (Å²) in [6.07, 6.45) is 5.97. The molecule has 6 nitrogen and oxygen atoms in total. The van der Waals surface area contributed by atoms with Gasteiger partial charge in [0, 0.05) is 31.7 Å². The Balaban J connectivity index is 2.02. The number of hydrogen-bond acceptors (Lipinski definition) is 4. The summed E-state index contributed by atoms with van der Waals surface area (Å²) in [6.45, 7) is 1.59. The maximum absolute atomic E-state index is 14.8. The molecule has 0 saturated carbocycles. The summed E-state index contributed by atoms with van der Waals surface area (Å²) in [5, 5.41) is 9.80. The largest absolute Gasteiger partial charge is 0.477 e. The first-order chi connectivity index (χ1) is 12.5. The van der Waals surface area contributed by atoms with Crippen LogP contribution in [0.15, 0.2) is 29.3 Å². The van der Waals surface area contributed by atoms with Gasteiger partial charge in [-0.05, 0) is 31.4 Å². The van der Waals surface area contributed by atoms with Crippen LogP contribution in [0.25, 0.3) is 21.8 Å². The van der Waals surface area contributed by atoms with Gasteiger partial charge < -0.3 is 14.6 Å². The van der Waals surface area contributed by atoms with Gasteiger partial charge >= 0.3 is 5.97 Å². The number of carboxylic acid groups (broad SMARTS) is 1. The Bertz CT molecular complexity index is 1100. The van der Waals surface area contributed by atoms with E-state index in [9.17, 15) is 19.1 Å². The molecule has 0 aliphatic carbocycles. The molecule has 1 saturated heterocycles. The molecule has 0 atom stereocenters. The van der Waals surface area contributed by atoms with E-state index in [1.807, 2.05) is 4.90 Å². The minimum absolute atomic E-state index is 0.182. The molecule has 1 aliphatic heterocycles. The molecule has 0 unspecified atom stereocenters. The van der Waals surface area contributed by atoms with Crippen LogP contribution >= 0.6 is 0 Å². The predicted octanol–water partition coefficient (Wildman–Crippen LogP) is 2.91. The fraction of sp³-hybridized carbons (Fsp3) is 0.316. The van der Waals surface area contributed by atoms with E-state index in [2.05, 4.69) is 4.98 Å². The average Bonchev–Trinajstić information content (AvgIpc) is 2.64. The molecule has 4 rings (SSSR count). The molecule has 1 aromatic carbocycles. The lowest BCUT2D eigenvalue weighted by Crippen LogP contribution is -2.30. The van der Waals surface area contributed by atoms with Crippen LogP contribution in [0.4, 0.5) is 10.1 Å². The van der Waals surface area contributed by atoms with Crippen LogP contribution < -0.4 is 10.3 Å². The van der Waals surface area contributed by atoms with E-state index in [0.717, 1.165) is 32.4 Å². The van der Waals surface area contributed by atoms with E-state index in [1.54, 1.807) is 13.1 Å². The summed E-state index contributed by atoms with van der Waals surface area (Å²) < 4.78 is 16.4. The van der Waals surface area contributed by atoms with E-state index in [-0.39, 0.29) is 10.9 Å². The predicted molar refractivity (Wildman–Crippen MR) is 97.5 cm³/mol. The Morgan fingerprint density at radius 1 is 1.23 bits per heavy atom. The molecule has 0 spiro atoms. The number of aromatic carboxylic acids is 1. The highest BCUT2D eigenvalue weighted by atomic mass is 19.1. The molecule has 7 heteroatoms. The number of aryl methyl sites for hydroxylation is 1. The number of hydrogen-bond donors (Lipinski definition) is 1. The molecule has 1 fully saturated rings. The van der Waals surface area contributed by atoms with E-state index in [4.69, 9.17) is 0 Å². The first-order valence-corrected chi connectivity index (χ1v) is 8.57. The van der Waals surface area contributed by atoms with Gasteiger partial charge in [0.1, 0.15) is 11.4 Å². The van der Waals surface area contributed by atoms with Gasteiger partial charge in [-0.1, -0.05) is 0 Å². The maximum Gasteiger partial charge on any atom is 0.341 e. The summed E-state index contributed by atoms with van der Waals surface area (Å²) in [4.78, 5) is 30.4. The highest BCUT2D eigenvalue weighted by Crippen LogP contribution is 2.30. The van der Waals surface area contributed by atoms with Crippen LogP contribution in [-0.4, -0.2) is 33.7 Å². The lowest BCUT2D eigenvalue weighted by molar-refractivity contribution is 0.0695. The van der Waals surface area contributed by atoms with Crippen molar-refractivity contribution in [2.24, 2.45) is 7.05 Å². The van der Waals surface area contributed by atoms with Crippen molar-refractivity contribution in [3.8, 4) is 0 Å². The molecule has 1 N–H and O–H groups in total. The van der Waals surface area contributed by atoms with Crippen LogP contribution in [-0.2, 0) is 7.05 Å². The molecule has 26 heavy (non-hydrogen) atoms. The number of anilines is 1. The van der Waals surface area contributed by atoms with E-state index in [0.29, 0.717) is 22.1 Å². The molecule has 0 bridgehead atoms. The van der Waals surface area contributed by atoms with E-state index >= 15 is 0 Å². The molecule has 3 heterocycles. The number of benzene rings is 1. The van der Waals surface area contributed by atoms with Crippen molar-refractivity contribution in [1.29, 1.82) is 0 Å². The van der Waals surface area contributed by atoms with Gasteiger partial charge in [0.25, 0.3) is 0 Å². The first kappa shape index (κ1) is 16.5. The summed E-state index contributed by atoms with van der Waals surface area (Å²) >= 11 is 0. The van der Waals surface area contributed by atoms with Crippen LogP contribution in [0.3, 0.4) is 0 Å². The van der Waals surface area contributed by atoms with Crippen molar-refractivity contribution in [3.05, 3.63) is 46.1 Å². The Morgan fingerprint density at radius 3 is 2.65 bits per heavy atom. The zero-order valence-corrected chi connectivity index (χ0v) is 14.3. The first-order valence-electron chi connectivity index (χ1n) is 8.57. The van der Waals surface area contributed by atoms with E-state index in [1.165, 1.54) is 23.0 Å². The zero-order valence-electron chi connectivity index (χ0n) is 14.3. The number of rotatable bonds is 2. The minimum atomic E-state index is -1.30. The quantitative estimate of drug-likeness (QED) is 0.716. The molecule has 134 valence electrons. The number of halogens is 1. The number of carboxylic acids is 1. The van der Waals surface area contributed by atoms with Crippen LogP contribution in [0, 0.1) is 5.82 Å². The van der Waals surface area contributed by atoms with Crippen molar-refractivity contribution >= 4 is 33.5 Å². The summed E-state index contributed by atoms with van der Waals surface area (Å²) in [6, 6.07) is 2.96. The topological polar surface area (TPSA) is 75.4 Å². The standard InChI is InChI=1S/C19H18FN3O3/c1-22-10-12(19(25)26)18(24)17-11-7-13(20)15(23-5-3-2-4-6-23)8-14(11)21-9-16(17)22/h7-10H,2-6H2,1H3,(H,25,26). The molecule has 3 aromatic rings. The summed E-state index contributed by atoms with van der Waals surface area (Å²) in [5.74, 6) is -1.72. The van der Waals surface area contributed by atoms with Crippen molar-refractivity contribution in [2.45, 2.75) is 19.3 Å². The second kappa shape index (κ2) is 6.09. The normalized spacial score (nSPS) is 14.9. The fourth-order valence-electron chi connectivity index (χ4n) is 3.68. The minimum Gasteiger partial charge on any atom is -0.477 e. The highest BCUT2D eigenvalue weighted by Gasteiger charge is 2.20. The molecule has 2 aromatic heterocycles. The smallest absolute Gasteiger partial charge is 0.341 e. The van der Waals surface area contributed by atoms with Crippen LogP contribution in [0.5, 0.6) is 0 Å². The molecule has 0 radical (unpaired) electrons. The zero-order chi connectivity index (χ0) is 18.4. The Hall–Kier alpha value is -2.96. The SMILES string of the molecule is Cn1cc(C(=O)O)c(=O)c2c3cc(F)c(N4CCCCC4)cc3ncc21. The molecule has 1 aliphatic rings. The number of fused-ring (bicyclic) bond motifs is 3. The van der Waals surface area contributed by atoms with Gasteiger partial charge in [0.2, 0.25) is 5.43 Å². The summed E-state index contributed by atoms with van der Waals surface area (Å²) in [7, 11) is 1.64. The third-order valence-electron chi connectivity index (χ3n) is 5.02. The van der Waals surface area contributed by atoms with Crippen molar-refractivity contribution in [2.75, 3.05) is 18.0 Å². The van der Waals surface area contributed by atoms with Crippen molar-refractivity contribution in [3.63, 3.8) is 0 Å². The number of aromatic nitrogens is 2. The number of pyridine rings is 2. The van der Waals surface area contributed by atoms with Crippen molar-refractivity contribution < 1.29 is 14.3 Å². The van der Waals surface area contributed by atoms with E-state index < -0.39 is 17.2 Å². The average molecular weight is 355 g/mol. The lowest BCUT2D eigenvalue weighted by Gasteiger charge is -2.29. The third-order valence-corrected chi connectivity index (χ3v) is 5.02. The number of piperidine rings is 1. The van der Waals surface area contributed by atoms with Gasteiger partial charge in [-0.25, -0.2) is 9.18 Å². The van der Waals surface area contributed by atoms with Gasteiger partial charge in [0.15, 0.2) is 0 Å². The second-order valence-corrected chi connectivity index (χ2v) is 6.67. The third kappa shape index (κ3) is 2.51. The fourth-order valence-corrected chi connectivity index (χ4v) is 3.68. The van der Waals surface area contributed by atoms with Gasteiger partial charge in [-0.3, -0.25) is 9.78 Å². The Labute approximate surface area is 148 Å². The van der Waals surface area contributed by atoms with Crippen molar-refractivity contribution in [1.82, 2.24) is 9.55 Å². The van der Waals surface area contributed by atoms with Gasteiger partial charge in [-0.2, -0.15) is 0 Å². The Morgan fingerprint density at radius 2 is 1.96 bits per heavy atom. The van der Waals surface area contributed by atoms with Crippen LogP contribution in [0.2, 0.25) is 0 Å². The molecule has 0 amide bonds. The molecular weight excluding hydrogens is 337 g/mol. The number of carbonyl (C=O) groups is 1. The van der Waals surface area contributed by atoms with Gasteiger partial charge in [-0.15, -0.1) is 0 Å². The second-order valence-electron chi connectivity index (χ2n) is 6.67. The van der Waals surface area contributed by atoms with Crippen LogP contribution in [0.1, 0.15) is 29.6 Å². The number of nitrogens with zero attached hydrogens (tertiary/aromatic N) is 3. The monoisotopic (exact) mass is 355 g/mol. The maximum atomic E-state index is 14.8. The molecular formula is C19H18FN3O3. The Kier molecular flexibility index (Phi) is 3.86. The summed E-state index contributed by atoms with van der Waals surface area (Å²) in [5.41, 5.74) is 0.475. The highest BCUT2D eigenvalue weighted by molar-refractivity contribution is 6.07. The lowest BCUT2D eigenvalue weighted by atomic mass is 10.0. The van der Waals surface area contributed by atoms with Gasteiger partial charge in [0.05, 0.1) is 28.3 Å².